The summed E-state index contributed by atoms with van der Waals surface area (Å²) < 4.78 is 0. The molecule has 1 heterocycles. The summed E-state index contributed by atoms with van der Waals surface area (Å²) >= 11 is 0. The molecule has 0 aliphatic carbocycles. The summed E-state index contributed by atoms with van der Waals surface area (Å²) in [5.41, 5.74) is 6.60. The number of primary amides is 1. The van der Waals surface area contributed by atoms with Gasteiger partial charge in [-0.15, -0.1) is 0 Å². The van der Waals surface area contributed by atoms with Gasteiger partial charge in [0.25, 0.3) is 0 Å². The summed E-state index contributed by atoms with van der Waals surface area (Å²) in [6, 6.07) is 8.22. The number of carbonyl (C=O) groups excluding carboxylic acids is 7. The molecule has 0 bridgehead atoms. The van der Waals surface area contributed by atoms with Crippen LogP contribution in [0, 0.1) is 5.92 Å². The molecular formula is C33H43N7O8. The second kappa shape index (κ2) is 17.4. The fourth-order valence-electron chi connectivity index (χ4n) is 4.97. The second-order valence-corrected chi connectivity index (χ2v) is 11.8. The zero-order valence-electron chi connectivity index (χ0n) is 27.1. The molecule has 9 N–H and O–H groups in total. The Morgan fingerprint density at radius 2 is 1.29 bits per heavy atom. The number of hydrogen-bond donors (Lipinski definition) is 8. The van der Waals surface area contributed by atoms with Gasteiger partial charge in [-0.2, -0.15) is 0 Å². The molecule has 1 aliphatic heterocycles. The van der Waals surface area contributed by atoms with E-state index in [4.69, 9.17) is 5.73 Å². The molecule has 2 aromatic carbocycles. The van der Waals surface area contributed by atoms with E-state index >= 15 is 0 Å². The number of phenolic OH excluding ortho intramolecular Hbond substituents is 1. The van der Waals surface area contributed by atoms with Crippen molar-refractivity contribution in [1.82, 2.24) is 31.9 Å². The fraction of sp³-hybridized carbons (Fsp3) is 0.424. The highest BCUT2D eigenvalue weighted by molar-refractivity contribution is 5.98. The van der Waals surface area contributed by atoms with Gasteiger partial charge in [-0.25, -0.2) is 0 Å². The largest absolute Gasteiger partial charge is 0.508 e. The normalized spacial score (nSPS) is 23.9. The van der Waals surface area contributed by atoms with Crippen LogP contribution in [0.25, 0.3) is 0 Å². The van der Waals surface area contributed by atoms with E-state index in [-0.39, 0.29) is 24.5 Å². The van der Waals surface area contributed by atoms with Gasteiger partial charge < -0.3 is 42.7 Å². The lowest BCUT2D eigenvalue weighted by Crippen LogP contribution is -2.61. The standard InChI is InChI=1S/C33H43N7O8/c1-4-18(2)28-33(48)36-19(3)29(44)37-24(15-21-10-12-22(41)13-11-21)31(46)39-25(16-26(34)42)32(47)38-23(14-20-8-6-5-7-9-20)30(45)35-17-27(43)40-28/h5-13,18-19,23-25,28,41H,4,14-17H2,1-3H3,(H2,34,42)(H,35,45)(H,36,48)(H,37,44)(H,38,47)(H,39,46)(H,40,43). The van der Waals surface area contributed by atoms with Gasteiger partial charge in [0.1, 0.15) is 36.0 Å². The molecule has 6 unspecified atom stereocenters. The Balaban J connectivity index is 2.01. The van der Waals surface area contributed by atoms with Gasteiger partial charge in [0, 0.05) is 12.8 Å². The highest BCUT2D eigenvalue weighted by atomic mass is 16.3. The Bertz CT molecular complexity index is 1480. The number of nitrogens with two attached hydrogens (primary N) is 1. The molecule has 1 aliphatic rings. The van der Waals surface area contributed by atoms with Crippen LogP contribution in [-0.4, -0.2) is 83.2 Å². The molecule has 15 heteroatoms. The van der Waals surface area contributed by atoms with Crippen LogP contribution in [0.15, 0.2) is 54.6 Å². The highest BCUT2D eigenvalue weighted by Crippen LogP contribution is 2.13. The van der Waals surface area contributed by atoms with Crippen LogP contribution in [0.2, 0.25) is 0 Å². The molecule has 6 atom stereocenters. The Morgan fingerprint density at radius 1 is 0.750 bits per heavy atom. The van der Waals surface area contributed by atoms with E-state index in [0.717, 1.165) is 0 Å². The van der Waals surface area contributed by atoms with Crippen molar-refractivity contribution in [3.05, 3.63) is 65.7 Å². The van der Waals surface area contributed by atoms with Crippen molar-refractivity contribution in [2.24, 2.45) is 11.7 Å². The van der Waals surface area contributed by atoms with Crippen LogP contribution in [0.1, 0.15) is 44.7 Å². The Hall–Kier alpha value is -5.47. The Labute approximate surface area is 278 Å². The SMILES string of the molecule is CCC(C)C1NC(=O)CNC(=O)C(Cc2ccccc2)NC(=O)C(CC(N)=O)NC(=O)C(Cc2ccc(O)cc2)NC(=O)C(C)NC1=O. The van der Waals surface area contributed by atoms with Crippen molar-refractivity contribution < 1.29 is 38.7 Å². The van der Waals surface area contributed by atoms with Crippen LogP contribution in [0.3, 0.4) is 0 Å². The van der Waals surface area contributed by atoms with Crippen LogP contribution in [-0.2, 0) is 46.4 Å². The van der Waals surface area contributed by atoms with Crippen LogP contribution in [0.4, 0.5) is 0 Å². The molecule has 0 spiro atoms. The number of nitrogens with one attached hydrogen (secondary N) is 6. The third-order valence-electron chi connectivity index (χ3n) is 7.95. The first-order chi connectivity index (χ1) is 22.8. The van der Waals surface area contributed by atoms with Crippen LogP contribution in [0.5, 0.6) is 5.75 Å². The number of carbonyl (C=O) groups is 7. The molecule has 1 saturated heterocycles. The minimum atomic E-state index is -1.55. The van der Waals surface area contributed by atoms with Gasteiger partial charge in [0.2, 0.25) is 41.4 Å². The summed E-state index contributed by atoms with van der Waals surface area (Å²) in [6.45, 7) is 4.43. The molecular weight excluding hydrogens is 622 g/mol. The fourth-order valence-corrected chi connectivity index (χ4v) is 4.97. The van der Waals surface area contributed by atoms with E-state index in [1.54, 1.807) is 37.3 Å². The second-order valence-electron chi connectivity index (χ2n) is 11.8. The predicted molar refractivity (Wildman–Crippen MR) is 174 cm³/mol. The van der Waals surface area contributed by atoms with Crippen molar-refractivity contribution in [2.45, 2.75) is 76.7 Å². The molecule has 1 fully saturated rings. The Morgan fingerprint density at radius 3 is 1.90 bits per heavy atom. The molecule has 0 radical (unpaired) electrons. The smallest absolute Gasteiger partial charge is 0.243 e. The molecule has 15 nitrogen and oxygen atoms in total. The number of hydrogen-bond acceptors (Lipinski definition) is 8. The maximum atomic E-state index is 13.7. The van der Waals surface area contributed by atoms with Gasteiger partial charge in [0.05, 0.1) is 13.0 Å². The van der Waals surface area contributed by atoms with E-state index in [1.165, 1.54) is 31.2 Å². The first-order valence-electron chi connectivity index (χ1n) is 15.7. The van der Waals surface area contributed by atoms with Crippen molar-refractivity contribution in [3.63, 3.8) is 0 Å². The number of rotatable bonds is 8. The summed E-state index contributed by atoms with van der Waals surface area (Å²) in [4.78, 5) is 92.1. The van der Waals surface area contributed by atoms with E-state index in [0.29, 0.717) is 17.5 Å². The minimum Gasteiger partial charge on any atom is -0.508 e. The number of aromatic hydroxyl groups is 1. The van der Waals surface area contributed by atoms with Crippen LogP contribution >= 0.6 is 0 Å². The van der Waals surface area contributed by atoms with Crippen molar-refractivity contribution in [3.8, 4) is 5.75 Å². The van der Waals surface area contributed by atoms with Crippen LogP contribution < -0.4 is 37.6 Å². The molecule has 3 rings (SSSR count). The van der Waals surface area contributed by atoms with Crippen molar-refractivity contribution >= 4 is 41.4 Å². The molecule has 2 aromatic rings. The van der Waals surface area contributed by atoms with Crippen molar-refractivity contribution in [2.75, 3.05) is 6.54 Å². The topological polar surface area (TPSA) is 238 Å². The van der Waals surface area contributed by atoms with Gasteiger partial charge in [-0.05, 0) is 36.1 Å². The quantitative estimate of drug-likeness (QED) is 0.168. The van der Waals surface area contributed by atoms with Gasteiger partial charge in [-0.1, -0.05) is 62.7 Å². The lowest BCUT2D eigenvalue weighted by molar-refractivity contribution is -0.136. The third kappa shape index (κ3) is 11.1. The predicted octanol–water partition coefficient (Wildman–Crippen LogP) is -1.33. The molecule has 258 valence electrons. The van der Waals surface area contributed by atoms with E-state index < -0.39 is 84.5 Å². The van der Waals surface area contributed by atoms with Gasteiger partial charge >= 0.3 is 0 Å². The molecule has 7 amide bonds. The lowest BCUT2D eigenvalue weighted by atomic mass is 9.97. The Kier molecular flexibility index (Phi) is 13.4. The van der Waals surface area contributed by atoms with E-state index in [1.807, 2.05) is 6.92 Å². The molecule has 0 aromatic heterocycles. The first kappa shape index (κ1) is 37.0. The van der Waals surface area contributed by atoms with E-state index in [2.05, 4.69) is 31.9 Å². The summed E-state index contributed by atoms with van der Waals surface area (Å²) in [5.74, 6) is -5.88. The zero-order valence-corrected chi connectivity index (χ0v) is 27.1. The molecule has 48 heavy (non-hydrogen) atoms. The monoisotopic (exact) mass is 665 g/mol. The highest BCUT2D eigenvalue weighted by Gasteiger charge is 2.34. The minimum absolute atomic E-state index is 0.00735. The lowest BCUT2D eigenvalue weighted by Gasteiger charge is -2.28. The maximum absolute atomic E-state index is 13.7. The molecule has 0 saturated carbocycles. The number of amides is 7. The van der Waals surface area contributed by atoms with Gasteiger partial charge in [0.15, 0.2) is 0 Å². The average Bonchev–Trinajstić information content (AvgIpc) is 3.05. The summed E-state index contributed by atoms with van der Waals surface area (Å²) in [5, 5.41) is 25.0. The summed E-state index contributed by atoms with van der Waals surface area (Å²) in [7, 11) is 0. The van der Waals surface area contributed by atoms with E-state index in [9.17, 15) is 38.7 Å². The number of benzene rings is 2. The van der Waals surface area contributed by atoms with Gasteiger partial charge in [-0.3, -0.25) is 33.6 Å². The third-order valence-corrected chi connectivity index (χ3v) is 7.95. The zero-order chi connectivity index (χ0) is 35.4. The summed E-state index contributed by atoms with van der Waals surface area (Å²) in [6.07, 6.45) is -0.249. The maximum Gasteiger partial charge on any atom is 0.243 e. The average molecular weight is 666 g/mol. The first-order valence-corrected chi connectivity index (χ1v) is 15.7. The van der Waals surface area contributed by atoms with Crippen molar-refractivity contribution in [1.29, 1.82) is 0 Å². The number of phenols is 1.